The van der Waals surface area contributed by atoms with Crippen LogP contribution in [-0.2, 0) is 0 Å². The van der Waals surface area contributed by atoms with E-state index in [0.717, 1.165) is 5.56 Å². The molecule has 1 atom stereocenters. The summed E-state index contributed by atoms with van der Waals surface area (Å²) in [5.41, 5.74) is 2.99. The number of amides is 2. The topological polar surface area (TPSA) is 71.3 Å². The smallest absolute Gasteiger partial charge is 0.326 e. The molecule has 0 radical (unpaired) electrons. The molecule has 1 unspecified atom stereocenters. The van der Waals surface area contributed by atoms with Gasteiger partial charge in [-0.15, -0.1) is 0 Å². The highest BCUT2D eigenvalue weighted by atomic mass is 19.1. The summed E-state index contributed by atoms with van der Waals surface area (Å²) in [6, 6.07) is 19.7. The summed E-state index contributed by atoms with van der Waals surface area (Å²) in [5.74, 6) is -0.186. The van der Waals surface area contributed by atoms with E-state index in [-0.39, 0.29) is 11.7 Å². The SMILES string of the molecule is CC1=C(c2nc(-c3ccccc3)no2)C(c2ccc(F)cc2)NC(=O)N1c1ccc(F)cc1. The van der Waals surface area contributed by atoms with Crippen LogP contribution in [0.5, 0.6) is 0 Å². The third-order valence-corrected chi connectivity index (χ3v) is 5.46. The van der Waals surface area contributed by atoms with Crippen LogP contribution < -0.4 is 10.2 Å². The molecule has 1 aliphatic rings. The lowest BCUT2D eigenvalue weighted by atomic mass is 9.94. The number of halogens is 2. The zero-order chi connectivity index (χ0) is 22.9. The molecule has 1 aliphatic heterocycles. The Bertz CT molecular complexity index is 1330. The van der Waals surface area contributed by atoms with Gasteiger partial charge in [0.2, 0.25) is 5.82 Å². The first-order chi connectivity index (χ1) is 16.0. The van der Waals surface area contributed by atoms with E-state index in [0.29, 0.717) is 28.3 Å². The Labute approximate surface area is 188 Å². The number of hydrogen-bond acceptors (Lipinski definition) is 4. The molecule has 1 aromatic heterocycles. The van der Waals surface area contributed by atoms with E-state index in [9.17, 15) is 13.6 Å². The molecule has 3 aromatic carbocycles. The van der Waals surface area contributed by atoms with Gasteiger partial charge in [0.05, 0.1) is 17.3 Å². The molecule has 2 heterocycles. The largest absolute Gasteiger partial charge is 0.334 e. The van der Waals surface area contributed by atoms with Crippen molar-refractivity contribution in [3.8, 4) is 11.4 Å². The van der Waals surface area contributed by atoms with Gasteiger partial charge in [-0.3, -0.25) is 4.90 Å². The molecule has 8 heteroatoms. The summed E-state index contributed by atoms with van der Waals surface area (Å²) in [6.45, 7) is 1.75. The standard InChI is InChI=1S/C25H18F2N4O2/c1-15-21(24-29-23(30-33-24)17-5-3-2-4-6-17)22(16-7-9-18(26)10-8-16)28-25(32)31(15)20-13-11-19(27)12-14-20/h2-14,22H,1H3,(H,28,32). The molecule has 4 aromatic rings. The number of benzene rings is 3. The summed E-state index contributed by atoms with van der Waals surface area (Å²) in [5, 5.41) is 7.03. The molecule has 2 amide bonds. The first kappa shape index (κ1) is 20.6. The minimum atomic E-state index is -0.654. The molecule has 164 valence electrons. The molecule has 6 nitrogen and oxygen atoms in total. The quantitative estimate of drug-likeness (QED) is 0.437. The highest BCUT2D eigenvalue weighted by molar-refractivity contribution is 6.01. The van der Waals surface area contributed by atoms with Crippen LogP contribution in [0.1, 0.15) is 24.4 Å². The Morgan fingerprint density at radius 3 is 2.21 bits per heavy atom. The number of hydrogen-bond donors (Lipinski definition) is 1. The molecule has 1 N–H and O–H groups in total. The van der Waals surface area contributed by atoms with Crippen molar-refractivity contribution in [3.05, 3.63) is 108 Å². The second-order valence-corrected chi connectivity index (χ2v) is 7.53. The van der Waals surface area contributed by atoms with Gasteiger partial charge in [0, 0.05) is 11.3 Å². The molecule has 0 bridgehead atoms. The number of urea groups is 1. The molecule has 0 saturated carbocycles. The summed E-state index contributed by atoms with van der Waals surface area (Å²) < 4.78 is 32.6. The lowest BCUT2D eigenvalue weighted by Gasteiger charge is -2.35. The van der Waals surface area contributed by atoms with Crippen LogP contribution in [0.2, 0.25) is 0 Å². The Morgan fingerprint density at radius 2 is 1.55 bits per heavy atom. The van der Waals surface area contributed by atoms with E-state index in [1.807, 2.05) is 30.3 Å². The van der Waals surface area contributed by atoms with Crippen molar-refractivity contribution in [2.75, 3.05) is 4.90 Å². The van der Waals surface area contributed by atoms with Crippen LogP contribution in [0.4, 0.5) is 19.3 Å². The van der Waals surface area contributed by atoms with E-state index in [4.69, 9.17) is 4.52 Å². The van der Waals surface area contributed by atoms with Gasteiger partial charge in [-0.25, -0.2) is 13.6 Å². The average molecular weight is 444 g/mol. The van der Waals surface area contributed by atoms with Gasteiger partial charge >= 0.3 is 6.03 Å². The van der Waals surface area contributed by atoms with Crippen molar-refractivity contribution >= 4 is 17.3 Å². The highest BCUT2D eigenvalue weighted by Gasteiger charge is 2.36. The highest BCUT2D eigenvalue weighted by Crippen LogP contribution is 2.39. The van der Waals surface area contributed by atoms with Gasteiger partial charge in [-0.2, -0.15) is 4.98 Å². The molecule has 0 saturated heterocycles. The van der Waals surface area contributed by atoms with Gasteiger partial charge in [0.1, 0.15) is 11.6 Å². The van der Waals surface area contributed by atoms with E-state index in [1.54, 1.807) is 19.1 Å². The maximum atomic E-state index is 13.6. The number of aromatic nitrogens is 2. The van der Waals surface area contributed by atoms with Crippen molar-refractivity contribution in [3.63, 3.8) is 0 Å². The lowest BCUT2D eigenvalue weighted by molar-refractivity contribution is 0.244. The van der Waals surface area contributed by atoms with Crippen LogP contribution in [-0.4, -0.2) is 16.2 Å². The fraction of sp³-hybridized carbons (Fsp3) is 0.0800. The number of rotatable bonds is 4. The molecular weight excluding hydrogens is 426 g/mol. The predicted molar refractivity (Wildman–Crippen MR) is 119 cm³/mol. The number of anilines is 1. The number of carbonyl (C=O) groups is 1. The lowest BCUT2D eigenvalue weighted by Crippen LogP contribution is -2.46. The summed E-state index contributed by atoms with van der Waals surface area (Å²) in [4.78, 5) is 19.1. The van der Waals surface area contributed by atoms with Crippen LogP contribution in [0.15, 0.2) is 89.1 Å². The monoisotopic (exact) mass is 444 g/mol. The fourth-order valence-corrected chi connectivity index (χ4v) is 3.86. The third kappa shape index (κ3) is 3.87. The minimum absolute atomic E-state index is 0.216. The molecule has 0 spiro atoms. The second-order valence-electron chi connectivity index (χ2n) is 7.53. The van der Waals surface area contributed by atoms with Crippen molar-refractivity contribution in [1.82, 2.24) is 15.5 Å². The van der Waals surface area contributed by atoms with Crippen molar-refractivity contribution in [2.45, 2.75) is 13.0 Å². The van der Waals surface area contributed by atoms with Crippen LogP contribution >= 0.6 is 0 Å². The van der Waals surface area contributed by atoms with Gasteiger partial charge in [0.15, 0.2) is 0 Å². The Morgan fingerprint density at radius 1 is 0.909 bits per heavy atom. The summed E-state index contributed by atoms with van der Waals surface area (Å²) >= 11 is 0. The maximum absolute atomic E-state index is 13.6. The Kier molecular flexibility index (Phi) is 5.18. The van der Waals surface area contributed by atoms with Crippen molar-refractivity contribution in [2.24, 2.45) is 0 Å². The van der Waals surface area contributed by atoms with E-state index < -0.39 is 17.9 Å². The number of nitrogens with zero attached hydrogens (tertiary/aromatic N) is 3. The van der Waals surface area contributed by atoms with E-state index in [1.165, 1.54) is 41.3 Å². The van der Waals surface area contributed by atoms with Crippen LogP contribution in [0, 0.1) is 11.6 Å². The third-order valence-electron chi connectivity index (χ3n) is 5.46. The molecule has 5 rings (SSSR count). The second kappa shape index (κ2) is 8.31. The zero-order valence-electron chi connectivity index (χ0n) is 17.5. The fourth-order valence-electron chi connectivity index (χ4n) is 3.86. The van der Waals surface area contributed by atoms with Gasteiger partial charge in [0.25, 0.3) is 5.89 Å². The molecule has 0 fully saturated rings. The number of allylic oxidation sites excluding steroid dienone is 1. The average Bonchev–Trinajstić information content (AvgIpc) is 3.31. The molecule has 33 heavy (non-hydrogen) atoms. The Balaban J connectivity index is 1.65. The summed E-state index contributed by atoms with van der Waals surface area (Å²) in [6.07, 6.45) is 0. The zero-order valence-corrected chi connectivity index (χ0v) is 17.5. The van der Waals surface area contributed by atoms with E-state index >= 15 is 0 Å². The first-order valence-corrected chi connectivity index (χ1v) is 10.2. The Hall–Kier alpha value is -4.33. The van der Waals surface area contributed by atoms with Crippen molar-refractivity contribution < 1.29 is 18.1 Å². The minimum Gasteiger partial charge on any atom is -0.334 e. The van der Waals surface area contributed by atoms with Gasteiger partial charge in [-0.05, 0) is 48.9 Å². The van der Waals surface area contributed by atoms with Gasteiger partial charge in [-0.1, -0.05) is 47.6 Å². The summed E-state index contributed by atoms with van der Waals surface area (Å²) in [7, 11) is 0. The van der Waals surface area contributed by atoms with E-state index in [2.05, 4.69) is 15.5 Å². The molecule has 0 aliphatic carbocycles. The maximum Gasteiger partial charge on any atom is 0.326 e. The predicted octanol–water partition coefficient (Wildman–Crippen LogP) is 5.72. The first-order valence-electron chi connectivity index (χ1n) is 10.2. The number of carbonyl (C=O) groups excluding carboxylic acids is 1. The van der Waals surface area contributed by atoms with Gasteiger partial charge < -0.3 is 9.84 Å². The molecular formula is C25H18F2N4O2. The van der Waals surface area contributed by atoms with Crippen LogP contribution in [0.25, 0.3) is 17.0 Å². The normalized spacial score (nSPS) is 16.2. The number of nitrogens with one attached hydrogen (secondary N) is 1. The van der Waals surface area contributed by atoms with Crippen molar-refractivity contribution in [1.29, 1.82) is 0 Å². The van der Waals surface area contributed by atoms with Crippen LogP contribution in [0.3, 0.4) is 0 Å².